The lowest BCUT2D eigenvalue weighted by molar-refractivity contribution is 0.102. The molecule has 1 heterocycles. The first kappa shape index (κ1) is 21.2. The zero-order valence-electron chi connectivity index (χ0n) is 16.7. The lowest BCUT2D eigenvalue weighted by atomic mass is 10.0. The molecule has 148 valence electrons. The van der Waals surface area contributed by atoms with Gasteiger partial charge in [-0.2, -0.15) is 0 Å². The molecule has 2 rings (SSSR count). The molecular weight excluding hydrogens is 350 g/mol. The fourth-order valence-electron chi connectivity index (χ4n) is 3.40. The highest BCUT2D eigenvalue weighted by molar-refractivity contribution is 7.89. The second-order valence-corrected chi connectivity index (χ2v) is 9.37. The quantitative estimate of drug-likeness (QED) is 0.743. The van der Waals surface area contributed by atoms with Crippen molar-refractivity contribution in [3.63, 3.8) is 0 Å². The van der Waals surface area contributed by atoms with Gasteiger partial charge in [-0.15, -0.1) is 0 Å². The Morgan fingerprint density at radius 1 is 1.19 bits per heavy atom. The largest absolute Gasteiger partial charge is 0.496 e. The number of ether oxygens (including phenoxy) is 1. The normalized spacial score (nSPS) is 18.2. The minimum Gasteiger partial charge on any atom is -0.496 e. The molecule has 1 unspecified atom stereocenters. The third-order valence-electron chi connectivity index (χ3n) is 4.98. The summed E-state index contributed by atoms with van der Waals surface area (Å²) in [5, 5.41) is 0. The molecule has 0 bridgehead atoms. The van der Waals surface area contributed by atoms with E-state index in [1.165, 1.54) is 0 Å². The number of benzene rings is 1. The van der Waals surface area contributed by atoms with Gasteiger partial charge in [-0.3, -0.25) is 4.90 Å². The topological polar surface area (TPSA) is 61.9 Å². The number of likely N-dealkylation sites (N-methyl/N-ethyl adjacent to an activating group) is 1. The maximum absolute atomic E-state index is 12.7. The Labute approximate surface area is 158 Å². The van der Waals surface area contributed by atoms with Gasteiger partial charge in [0.25, 0.3) is 0 Å². The van der Waals surface area contributed by atoms with Crippen LogP contribution in [0.1, 0.15) is 25.8 Å². The molecule has 6 nitrogen and oxygen atoms in total. The van der Waals surface area contributed by atoms with Crippen LogP contribution in [-0.4, -0.2) is 71.1 Å². The highest BCUT2D eigenvalue weighted by atomic mass is 32.2. The lowest BCUT2D eigenvalue weighted by Crippen LogP contribution is -2.52. The van der Waals surface area contributed by atoms with E-state index in [0.29, 0.717) is 18.2 Å². The maximum Gasteiger partial charge on any atom is 0.240 e. The van der Waals surface area contributed by atoms with Crippen molar-refractivity contribution in [2.24, 2.45) is 5.92 Å². The van der Waals surface area contributed by atoms with Crippen molar-refractivity contribution in [2.45, 2.75) is 38.1 Å². The van der Waals surface area contributed by atoms with E-state index in [4.69, 9.17) is 4.74 Å². The fraction of sp³-hybridized carbons (Fsp3) is 0.684. The van der Waals surface area contributed by atoms with Crippen LogP contribution < -0.4 is 9.46 Å². The maximum atomic E-state index is 12.7. The second kappa shape index (κ2) is 9.17. The molecule has 0 aromatic heterocycles. The number of nitrogens with zero attached hydrogens (tertiary/aromatic N) is 2. The van der Waals surface area contributed by atoms with Gasteiger partial charge in [0, 0.05) is 38.8 Å². The third-order valence-corrected chi connectivity index (χ3v) is 6.40. The molecule has 1 aliphatic heterocycles. The number of methoxy groups -OCH3 is 1. The minimum atomic E-state index is -3.53. The Balaban J connectivity index is 2.07. The molecular formula is C19H33N3O3S. The molecule has 1 aromatic rings. The molecule has 0 amide bonds. The van der Waals surface area contributed by atoms with E-state index in [2.05, 4.69) is 35.4 Å². The van der Waals surface area contributed by atoms with Crippen molar-refractivity contribution >= 4 is 10.0 Å². The molecule has 1 aliphatic rings. The molecule has 1 aromatic carbocycles. The summed E-state index contributed by atoms with van der Waals surface area (Å²) in [6.07, 6.45) is 0.980. The Kier molecular flexibility index (Phi) is 7.46. The van der Waals surface area contributed by atoms with Crippen molar-refractivity contribution in [3.05, 3.63) is 23.8 Å². The number of hydrogen-bond donors (Lipinski definition) is 1. The number of hydrogen-bond acceptors (Lipinski definition) is 5. The van der Waals surface area contributed by atoms with Gasteiger partial charge in [0.05, 0.1) is 12.0 Å². The third kappa shape index (κ3) is 5.67. The van der Waals surface area contributed by atoms with Crippen molar-refractivity contribution in [2.75, 3.05) is 46.9 Å². The molecule has 0 aliphatic carbocycles. The number of aryl methyl sites for hydroxylation is 1. The molecule has 1 N–H and O–H groups in total. The van der Waals surface area contributed by atoms with Crippen molar-refractivity contribution in [3.8, 4) is 5.75 Å². The summed E-state index contributed by atoms with van der Waals surface area (Å²) in [5.41, 5.74) is 0.813. The summed E-state index contributed by atoms with van der Waals surface area (Å²) in [4.78, 5) is 5.02. The summed E-state index contributed by atoms with van der Waals surface area (Å²) in [5.74, 6) is 1.21. The van der Waals surface area contributed by atoms with Gasteiger partial charge >= 0.3 is 0 Å². The first-order valence-electron chi connectivity index (χ1n) is 9.30. The van der Waals surface area contributed by atoms with Crippen LogP contribution in [0.4, 0.5) is 0 Å². The zero-order chi connectivity index (χ0) is 19.3. The molecule has 1 saturated heterocycles. The number of rotatable bonds is 8. The predicted molar refractivity (Wildman–Crippen MR) is 105 cm³/mol. The second-order valence-electron chi connectivity index (χ2n) is 7.61. The van der Waals surface area contributed by atoms with E-state index < -0.39 is 10.0 Å². The Hall–Kier alpha value is -1.15. The van der Waals surface area contributed by atoms with E-state index >= 15 is 0 Å². The minimum absolute atomic E-state index is 0.220. The number of sulfonamides is 1. The first-order chi connectivity index (χ1) is 12.2. The van der Waals surface area contributed by atoms with Crippen LogP contribution in [-0.2, 0) is 10.0 Å². The Morgan fingerprint density at radius 2 is 1.85 bits per heavy atom. The molecule has 1 fully saturated rings. The van der Waals surface area contributed by atoms with Gasteiger partial charge in [-0.25, -0.2) is 13.1 Å². The zero-order valence-corrected chi connectivity index (χ0v) is 17.5. The Bertz CT molecular complexity index is 683. The first-order valence-corrected chi connectivity index (χ1v) is 10.8. The van der Waals surface area contributed by atoms with Gasteiger partial charge in [0.1, 0.15) is 5.75 Å². The summed E-state index contributed by atoms with van der Waals surface area (Å²) >= 11 is 0. The average Bonchev–Trinajstić information content (AvgIpc) is 2.59. The van der Waals surface area contributed by atoms with E-state index in [0.717, 1.165) is 38.2 Å². The van der Waals surface area contributed by atoms with Gasteiger partial charge in [-0.05, 0) is 50.1 Å². The predicted octanol–water partition coefficient (Wildman–Crippen LogP) is 1.94. The van der Waals surface area contributed by atoms with Crippen LogP contribution in [0, 0.1) is 12.8 Å². The van der Waals surface area contributed by atoms with Crippen LogP contribution >= 0.6 is 0 Å². The number of piperazine rings is 1. The monoisotopic (exact) mass is 383 g/mol. The summed E-state index contributed by atoms with van der Waals surface area (Å²) in [6.45, 7) is 10.7. The van der Waals surface area contributed by atoms with Gasteiger partial charge < -0.3 is 9.64 Å². The average molecular weight is 384 g/mol. The smallest absolute Gasteiger partial charge is 0.240 e. The standard InChI is InChI=1S/C19H33N3O3S/c1-15(2)12-17(22-10-8-21(4)9-11-22)14-20-26(23,24)18-6-7-19(25-5)16(3)13-18/h6-7,13,15,17,20H,8-12,14H2,1-5H3. The molecule has 1 atom stereocenters. The fourth-order valence-corrected chi connectivity index (χ4v) is 4.56. The van der Waals surface area contributed by atoms with Crippen molar-refractivity contribution < 1.29 is 13.2 Å². The van der Waals surface area contributed by atoms with Crippen LogP contribution in [0.3, 0.4) is 0 Å². The van der Waals surface area contributed by atoms with Crippen LogP contribution in [0.25, 0.3) is 0 Å². The summed E-state index contributed by atoms with van der Waals surface area (Å²) < 4.78 is 33.5. The molecule has 0 saturated carbocycles. The van der Waals surface area contributed by atoms with E-state index in [9.17, 15) is 8.42 Å². The van der Waals surface area contributed by atoms with Gasteiger partial charge in [0.15, 0.2) is 0 Å². The highest BCUT2D eigenvalue weighted by Crippen LogP contribution is 2.21. The summed E-state index contributed by atoms with van der Waals surface area (Å²) in [6, 6.07) is 5.18. The van der Waals surface area contributed by atoms with Crippen molar-refractivity contribution in [1.29, 1.82) is 0 Å². The van der Waals surface area contributed by atoms with E-state index in [1.807, 2.05) is 6.92 Å². The molecule has 26 heavy (non-hydrogen) atoms. The van der Waals surface area contributed by atoms with E-state index in [-0.39, 0.29) is 10.9 Å². The van der Waals surface area contributed by atoms with Crippen molar-refractivity contribution in [1.82, 2.24) is 14.5 Å². The molecule has 0 radical (unpaired) electrons. The number of nitrogens with one attached hydrogen (secondary N) is 1. The SMILES string of the molecule is COc1ccc(S(=O)(=O)NCC(CC(C)C)N2CCN(C)CC2)cc1C. The van der Waals surface area contributed by atoms with E-state index in [1.54, 1.807) is 25.3 Å². The Morgan fingerprint density at radius 3 is 2.38 bits per heavy atom. The van der Waals surface area contributed by atoms with Gasteiger partial charge in [0.2, 0.25) is 10.0 Å². The highest BCUT2D eigenvalue weighted by Gasteiger charge is 2.25. The summed E-state index contributed by atoms with van der Waals surface area (Å²) in [7, 11) is 0.182. The lowest BCUT2D eigenvalue weighted by Gasteiger charge is -2.38. The van der Waals surface area contributed by atoms with Crippen LogP contribution in [0.2, 0.25) is 0 Å². The molecule has 0 spiro atoms. The van der Waals surface area contributed by atoms with Crippen LogP contribution in [0.15, 0.2) is 23.1 Å². The van der Waals surface area contributed by atoms with Crippen LogP contribution in [0.5, 0.6) is 5.75 Å². The molecule has 7 heteroatoms. The van der Waals surface area contributed by atoms with Gasteiger partial charge in [-0.1, -0.05) is 13.8 Å².